The molecule has 0 saturated carbocycles. The van der Waals surface area contributed by atoms with Gasteiger partial charge in [-0.15, -0.1) is 0 Å². The molecule has 18 heavy (non-hydrogen) atoms. The second-order valence-corrected chi connectivity index (χ2v) is 4.24. The van der Waals surface area contributed by atoms with E-state index < -0.39 is 5.97 Å². The molecule has 6 nitrogen and oxygen atoms in total. The van der Waals surface area contributed by atoms with Gasteiger partial charge in [0.15, 0.2) is 0 Å². The zero-order chi connectivity index (χ0) is 13.3. The van der Waals surface area contributed by atoms with Gasteiger partial charge >= 0.3 is 5.97 Å². The Labute approximate surface area is 103 Å². The van der Waals surface area contributed by atoms with Crippen LogP contribution in [0.3, 0.4) is 0 Å². The van der Waals surface area contributed by atoms with Crippen LogP contribution in [0.1, 0.15) is 29.5 Å². The van der Waals surface area contributed by atoms with Gasteiger partial charge in [0.1, 0.15) is 5.69 Å². The van der Waals surface area contributed by atoms with E-state index in [1.54, 1.807) is 19.1 Å². The number of pyridine rings is 1. The van der Waals surface area contributed by atoms with Crippen molar-refractivity contribution in [2.45, 2.75) is 19.9 Å². The van der Waals surface area contributed by atoms with Crippen molar-refractivity contribution in [3.8, 4) is 0 Å². The third-order valence-electron chi connectivity index (χ3n) is 2.82. The molecule has 2 rings (SSSR count). The van der Waals surface area contributed by atoms with E-state index in [2.05, 4.69) is 4.98 Å². The Hall–Kier alpha value is -2.24. The van der Waals surface area contributed by atoms with E-state index in [0.717, 1.165) is 4.90 Å². The number of aromatic nitrogens is 1. The molecule has 1 saturated heterocycles. The Balaban J connectivity index is 2.19. The number of rotatable bonds is 3. The van der Waals surface area contributed by atoms with Gasteiger partial charge in [0.05, 0.1) is 12.2 Å². The first-order valence-corrected chi connectivity index (χ1v) is 5.52. The van der Waals surface area contributed by atoms with Gasteiger partial charge in [0.25, 0.3) is 0 Å². The summed E-state index contributed by atoms with van der Waals surface area (Å²) in [6, 6.07) is 4.50. The van der Waals surface area contributed by atoms with Gasteiger partial charge in [0.2, 0.25) is 11.8 Å². The lowest BCUT2D eigenvalue weighted by atomic mass is 10.1. The minimum atomic E-state index is -1.13. The molecule has 0 aliphatic carbocycles. The van der Waals surface area contributed by atoms with E-state index >= 15 is 0 Å². The predicted molar refractivity (Wildman–Crippen MR) is 60.5 cm³/mol. The van der Waals surface area contributed by atoms with Crippen molar-refractivity contribution in [1.82, 2.24) is 9.88 Å². The molecular weight excluding hydrogens is 236 g/mol. The highest BCUT2D eigenvalue weighted by atomic mass is 16.4. The molecule has 2 amide bonds. The monoisotopic (exact) mass is 248 g/mol. The molecule has 0 spiro atoms. The number of carboxylic acid groups (broad SMARTS) is 1. The topological polar surface area (TPSA) is 87.6 Å². The summed E-state index contributed by atoms with van der Waals surface area (Å²) in [6.45, 7) is 1.73. The van der Waals surface area contributed by atoms with E-state index in [1.807, 2.05) is 0 Å². The zero-order valence-electron chi connectivity index (χ0n) is 9.79. The van der Waals surface area contributed by atoms with Crippen LogP contribution < -0.4 is 0 Å². The first-order valence-electron chi connectivity index (χ1n) is 5.52. The van der Waals surface area contributed by atoms with Crippen molar-refractivity contribution in [2.24, 2.45) is 5.92 Å². The lowest BCUT2D eigenvalue weighted by Gasteiger charge is -2.13. The summed E-state index contributed by atoms with van der Waals surface area (Å²) >= 11 is 0. The van der Waals surface area contributed by atoms with Crippen LogP contribution >= 0.6 is 0 Å². The van der Waals surface area contributed by atoms with Gasteiger partial charge < -0.3 is 5.11 Å². The molecule has 1 unspecified atom stereocenters. The predicted octanol–water partition coefficient (Wildman–Crippen LogP) is 0.675. The number of amides is 2. The number of carboxylic acids is 1. The highest BCUT2D eigenvalue weighted by Crippen LogP contribution is 2.20. The number of hydrogen-bond acceptors (Lipinski definition) is 4. The fourth-order valence-electron chi connectivity index (χ4n) is 1.86. The molecule has 0 radical (unpaired) electrons. The number of carbonyl (C=O) groups is 3. The van der Waals surface area contributed by atoms with Crippen LogP contribution in [0, 0.1) is 5.92 Å². The van der Waals surface area contributed by atoms with Crippen LogP contribution in [-0.4, -0.2) is 32.8 Å². The highest BCUT2D eigenvalue weighted by molar-refractivity contribution is 6.03. The summed E-state index contributed by atoms with van der Waals surface area (Å²) in [6.07, 6.45) is 0.206. The molecule has 2 heterocycles. The largest absolute Gasteiger partial charge is 0.477 e. The van der Waals surface area contributed by atoms with Crippen molar-refractivity contribution >= 4 is 17.8 Å². The van der Waals surface area contributed by atoms with Crippen LogP contribution in [-0.2, 0) is 16.1 Å². The number of imide groups is 1. The molecule has 1 atom stereocenters. The molecule has 0 aromatic carbocycles. The number of carbonyl (C=O) groups excluding carboxylic acids is 2. The number of aromatic carboxylic acids is 1. The van der Waals surface area contributed by atoms with E-state index in [0.29, 0.717) is 5.69 Å². The maximum absolute atomic E-state index is 11.7. The molecule has 6 heteroatoms. The van der Waals surface area contributed by atoms with Crippen LogP contribution in [0.5, 0.6) is 0 Å². The second kappa shape index (κ2) is 4.56. The quantitative estimate of drug-likeness (QED) is 0.794. The summed E-state index contributed by atoms with van der Waals surface area (Å²) in [5.41, 5.74) is 0.297. The van der Waals surface area contributed by atoms with Crippen LogP contribution in [0.4, 0.5) is 0 Å². The Morgan fingerprint density at radius 2 is 2.22 bits per heavy atom. The Morgan fingerprint density at radius 1 is 1.50 bits per heavy atom. The second-order valence-electron chi connectivity index (χ2n) is 4.24. The Morgan fingerprint density at radius 3 is 2.78 bits per heavy atom. The first kappa shape index (κ1) is 12.2. The molecule has 1 N–H and O–H groups in total. The Kier molecular flexibility index (Phi) is 3.10. The fourth-order valence-corrected chi connectivity index (χ4v) is 1.86. The van der Waals surface area contributed by atoms with Gasteiger partial charge in [-0.2, -0.15) is 0 Å². The molecule has 1 aromatic heterocycles. The summed E-state index contributed by atoms with van der Waals surface area (Å²) in [4.78, 5) is 39.0. The van der Waals surface area contributed by atoms with E-state index in [4.69, 9.17) is 5.11 Å². The SMILES string of the molecule is CC1CC(=O)N(Cc2cccc(C(=O)O)n2)C1=O. The molecule has 1 aliphatic heterocycles. The van der Waals surface area contributed by atoms with E-state index in [9.17, 15) is 14.4 Å². The molecule has 1 aliphatic rings. The van der Waals surface area contributed by atoms with E-state index in [-0.39, 0.29) is 36.4 Å². The van der Waals surface area contributed by atoms with Gasteiger partial charge in [-0.05, 0) is 12.1 Å². The first-order chi connectivity index (χ1) is 8.49. The third-order valence-corrected chi connectivity index (χ3v) is 2.82. The summed E-state index contributed by atoms with van der Waals surface area (Å²) in [5.74, 6) is -1.91. The van der Waals surface area contributed by atoms with Crippen molar-refractivity contribution in [1.29, 1.82) is 0 Å². The summed E-state index contributed by atoms with van der Waals surface area (Å²) < 4.78 is 0. The number of likely N-dealkylation sites (tertiary alicyclic amines) is 1. The van der Waals surface area contributed by atoms with Crippen LogP contribution in [0.2, 0.25) is 0 Å². The van der Waals surface area contributed by atoms with Gasteiger partial charge in [-0.3, -0.25) is 14.5 Å². The lowest BCUT2D eigenvalue weighted by Crippen LogP contribution is -2.30. The third kappa shape index (κ3) is 2.22. The molecule has 0 bridgehead atoms. The highest BCUT2D eigenvalue weighted by Gasteiger charge is 2.35. The molecule has 1 fully saturated rings. The standard InChI is InChI=1S/C12H12N2O4/c1-7-5-10(15)14(11(7)16)6-8-3-2-4-9(13-8)12(17)18/h2-4,7H,5-6H2,1H3,(H,17,18). The molecule has 1 aromatic rings. The Bertz CT molecular complexity index is 527. The number of nitrogens with zero attached hydrogens (tertiary/aromatic N) is 2. The van der Waals surface area contributed by atoms with Gasteiger partial charge in [-0.1, -0.05) is 13.0 Å². The molecular formula is C12H12N2O4. The van der Waals surface area contributed by atoms with Crippen molar-refractivity contribution in [3.05, 3.63) is 29.6 Å². The average Bonchev–Trinajstić information content (AvgIpc) is 2.56. The van der Waals surface area contributed by atoms with Crippen molar-refractivity contribution < 1.29 is 19.5 Å². The van der Waals surface area contributed by atoms with Crippen molar-refractivity contribution in [3.63, 3.8) is 0 Å². The maximum atomic E-state index is 11.7. The lowest BCUT2D eigenvalue weighted by molar-refractivity contribution is -0.140. The number of hydrogen-bond donors (Lipinski definition) is 1. The summed E-state index contributed by atoms with van der Waals surface area (Å²) in [5, 5.41) is 8.81. The minimum absolute atomic E-state index is 0.0309. The van der Waals surface area contributed by atoms with Crippen molar-refractivity contribution in [2.75, 3.05) is 0 Å². The summed E-state index contributed by atoms with van der Waals surface area (Å²) in [7, 11) is 0. The van der Waals surface area contributed by atoms with Gasteiger partial charge in [-0.25, -0.2) is 9.78 Å². The maximum Gasteiger partial charge on any atom is 0.354 e. The zero-order valence-corrected chi connectivity index (χ0v) is 9.79. The fraction of sp³-hybridized carbons (Fsp3) is 0.333. The smallest absolute Gasteiger partial charge is 0.354 e. The molecule has 94 valence electrons. The van der Waals surface area contributed by atoms with Crippen LogP contribution in [0.25, 0.3) is 0 Å². The van der Waals surface area contributed by atoms with Crippen LogP contribution in [0.15, 0.2) is 18.2 Å². The van der Waals surface area contributed by atoms with E-state index in [1.165, 1.54) is 6.07 Å². The average molecular weight is 248 g/mol. The minimum Gasteiger partial charge on any atom is -0.477 e. The van der Waals surface area contributed by atoms with Gasteiger partial charge in [0, 0.05) is 12.3 Å². The normalized spacial score (nSPS) is 19.4.